The number of hydrogen-bond acceptors (Lipinski definition) is 7. The van der Waals surface area contributed by atoms with Gasteiger partial charge in [-0.2, -0.15) is 0 Å². The largest absolute Gasteiger partial charge is 0.495 e. The molecule has 4 rings (SSSR count). The van der Waals surface area contributed by atoms with E-state index < -0.39 is 0 Å². The highest BCUT2D eigenvalue weighted by atomic mass is 16.5. The highest BCUT2D eigenvalue weighted by Crippen LogP contribution is 2.33. The van der Waals surface area contributed by atoms with E-state index >= 15 is 0 Å². The second kappa shape index (κ2) is 11.3. The molecule has 3 N–H and O–H groups in total. The van der Waals surface area contributed by atoms with Crippen molar-refractivity contribution in [3.63, 3.8) is 0 Å². The number of nitrogens with zero attached hydrogens (tertiary/aromatic N) is 2. The fourth-order valence-electron chi connectivity index (χ4n) is 3.80. The van der Waals surface area contributed by atoms with Crippen molar-refractivity contribution in [1.82, 2.24) is 20.8 Å². The zero-order valence-electron chi connectivity index (χ0n) is 20.1. The number of nitrogens with one attached hydrogen (secondary N) is 3. The van der Waals surface area contributed by atoms with E-state index in [1.54, 1.807) is 7.11 Å². The van der Waals surface area contributed by atoms with Crippen LogP contribution < -0.4 is 20.7 Å². The van der Waals surface area contributed by atoms with E-state index in [4.69, 9.17) is 9.15 Å². The van der Waals surface area contributed by atoms with E-state index in [9.17, 15) is 4.79 Å². The van der Waals surface area contributed by atoms with Gasteiger partial charge in [0.2, 0.25) is 11.8 Å². The first-order valence-electron chi connectivity index (χ1n) is 11.4. The van der Waals surface area contributed by atoms with Crippen molar-refractivity contribution in [2.75, 3.05) is 25.5 Å². The number of hydrogen-bond donors (Lipinski definition) is 3. The van der Waals surface area contributed by atoms with Crippen LogP contribution in [0.1, 0.15) is 18.1 Å². The van der Waals surface area contributed by atoms with E-state index in [2.05, 4.69) is 51.3 Å². The second-order valence-corrected chi connectivity index (χ2v) is 8.08. The summed E-state index contributed by atoms with van der Waals surface area (Å²) in [6.07, 6.45) is 0. The highest BCUT2D eigenvalue weighted by molar-refractivity contribution is 5.75. The third-order valence-electron chi connectivity index (χ3n) is 5.59. The lowest BCUT2D eigenvalue weighted by Crippen LogP contribution is -2.29. The number of carbonyl (C=O) groups excluding carboxylic acids is 1. The van der Waals surface area contributed by atoms with E-state index in [0.717, 1.165) is 33.5 Å². The number of anilines is 2. The summed E-state index contributed by atoms with van der Waals surface area (Å²) in [7, 11) is 1.62. The fourth-order valence-corrected chi connectivity index (χ4v) is 3.80. The standard InChI is InChI=1S/C27H29N5O3/c1-18-22(21-8-5-4-6-9-21)10-7-11-23(18)26-31-32-27(35-26)30-24-13-12-20(16-25(24)34-3)17-28-14-15-29-19(2)33/h4-13,16,28H,14-15,17H2,1-3H3,(H,29,33)(H,30,32). The number of aromatic nitrogens is 2. The van der Waals surface area contributed by atoms with Gasteiger partial charge in [-0.3, -0.25) is 4.79 Å². The number of ether oxygens (including phenoxy) is 1. The molecule has 1 amide bonds. The number of rotatable bonds is 10. The zero-order valence-corrected chi connectivity index (χ0v) is 20.1. The summed E-state index contributed by atoms with van der Waals surface area (Å²) in [6, 6.07) is 22.4. The lowest BCUT2D eigenvalue weighted by Gasteiger charge is -2.11. The molecule has 0 saturated heterocycles. The predicted octanol–water partition coefficient (Wildman–Crippen LogP) is 4.69. The molecule has 4 aromatic rings. The van der Waals surface area contributed by atoms with Crippen LogP contribution >= 0.6 is 0 Å². The minimum absolute atomic E-state index is 0.0351. The second-order valence-electron chi connectivity index (χ2n) is 8.08. The summed E-state index contributed by atoms with van der Waals surface area (Å²) in [6.45, 7) is 5.47. The molecule has 1 aromatic heterocycles. The van der Waals surface area contributed by atoms with Gasteiger partial charge < -0.3 is 25.1 Å². The average Bonchev–Trinajstić information content (AvgIpc) is 3.33. The average molecular weight is 472 g/mol. The maximum atomic E-state index is 10.9. The van der Waals surface area contributed by atoms with Gasteiger partial charge in [0, 0.05) is 32.1 Å². The Bertz CT molecular complexity index is 1290. The molecule has 0 aliphatic heterocycles. The lowest BCUT2D eigenvalue weighted by molar-refractivity contribution is -0.118. The van der Waals surface area contributed by atoms with Gasteiger partial charge in [0.15, 0.2) is 0 Å². The van der Waals surface area contributed by atoms with Crippen molar-refractivity contribution in [2.45, 2.75) is 20.4 Å². The third-order valence-corrected chi connectivity index (χ3v) is 5.59. The summed E-state index contributed by atoms with van der Waals surface area (Å²) in [5.74, 6) is 1.07. The number of carbonyl (C=O) groups is 1. The van der Waals surface area contributed by atoms with Gasteiger partial charge in [-0.15, -0.1) is 5.10 Å². The molecular formula is C27H29N5O3. The first-order chi connectivity index (χ1) is 17.0. The van der Waals surface area contributed by atoms with Crippen molar-refractivity contribution in [3.8, 4) is 28.3 Å². The molecule has 8 heteroatoms. The topological polar surface area (TPSA) is 101 Å². The first-order valence-corrected chi connectivity index (χ1v) is 11.4. The zero-order chi connectivity index (χ0) is 24.6. The number of benzene rings is 3. The smallest absolute Gasteiger partial charge is 0.320 e. The Morgan fingerprint density at radius 3 is 2.54 bits per heavy atom. The van der Waals surface area contributed by atoms with Gasteiger partial charge in [0.1, 0.15) is 5.75 Å². The summed E-state index contributed by atoms with van der Waals surface area (Å²) in [5, 5.41) is 17.7. The Balaban J connectivity index is 1.46. The van der Waals surface area contributed by atoms with Crippen LogP contribution in [0.5, 0.6) is 5.75 Å². The molecule has 180 valence electrons. The minimum atomic E-state index is -0.0351. The minimum Gasteiger partial charge on any atom is -0.495 e. The van der Waals surface area contributed by atoms with Crippen molar-refractivity contribution in [3.05, 3.63) is 77.9 Å². The fraction of sp³-hybridized carbons (Fsp3) is 0.222. The Hall–Kier alpha value is -4.17. The molecule has 0 atom stereocenters. The van der Waals surface area contributed by atoms with Gasteiger partial charge in [0.25, 0.3) is 0 Å². The quantitative estimate of drug-likeness (QED) is 0.289. The molecular weight excluding hydrogens is 442 g/mol. The predicted molar refractivity (Wildman–Crippen MR) is 137 cm³/mol. The summed E-state index contributed by atoms with van der Waals surface area (Å²) < 4.78 is 11.5. The molecule has 0 bridgehead atoms. The maximum Gasteiger partial charge on any atom is 0.320 e. The van der Waals surface area contributed by atoms with E-state index in [-0.39, 0.29) is 11.9 Å². The van der Waals surface area contributed by atoms with Crippen LogP contribution in [-0.4, -0.2) is 36.3 Å². The monoisotopic (exact) mass is 471 g/mol. The van der Waals surface area contributed by atoms with Crippen molar-refractivity contribution >= 4 is 17.6 Å². The molecule has 0 unspecified atom stereocenters. The summed E-state index contributed by atoms with van der Waals surface area (Å²) >= 11 is 0. The van der Waals surface area contributed by atoms with Crippen molar-refractivity contribution in [1.29, 1.82) is 0 Å². The van der Waals surface area contributed by atoms with Crippen molar-refractivity contribution in [2.24, 2.45) is 0 Å². The molecule has 0 saturated carbocycles. The molecule has 0 spiro atoms. The summed E-state index contributed by atoms with van der Waals surface area (Å²) in [4.78, 5) is 10.9. The molecule has 0 aliphatic carbocycles. The SMILES string of the molecule is COc1cc(CNCCNC(C)=O)ccc1Nc1nnc(-c2cccc(-c3ccccc3)c2C)o1. The van der Waals surface area contributed by atoms with E-state index in [1.807, 2.05) is 48.5 Å². The van der Waals surface area contributed by atoms with Gasteiger partial charge in [-0.1, -0.05) is 53.6 Å². The molecule has 0 radical (unpaired) electrons. The van der Waals surface area contributed by atoms with Crippen LogP contribution in [0.3, 0.4) is 0 Å². The van der Waals surface area contributed by atoms with Crippen LogP contribution in [0.4, 0.5) is 11.7 Å². The molecule has 3 aromatic carbocycles. The van der Waals surface area contributed by atoms with Gasteiger partial charge in [-0.05, 0) is 47.4 Å². The van der Waals surface area contributed by atoms with Gasteiger partial charge in [-0.25, -0.2) is 0 Å². The Labute approximate surface area is 204 Å². The number of amides is 1. The lowest BCUT2D eigenvalue weighted by atomic mass is 9.96. The van der Waals surface area contributed by atoms with E-state index in [1.165, 1.54) is 6.92 Å². The Kier molecular flexibility index (Phi) is 7.74. The number of methoxy groups -OCH3 is 1. The molecule has 0 fully saturated rings. The molecule has 1 heterocycles. The van der Waals surface area contributed by atoms with Crippen LogP contribution in [0.15, 0.2) is 71.1 Å². The summed E-state index contributed by atoms with van der Waals surface area (Å²) in [5.41, 5.74) is 5.99. The molecule has 0 aliphatic rings. The van der Waals surface area contributed by atoms with Crippen LogP contribution in [0.2, 0.25) is 0 Å². The van der Waals surface area contributed by atoms with Gasteiger partial charge >= 0.3 is 6.01 Å². The van der Waals surface area contributed by atoms with Crippen LogP contribution in [-0.2, 0) is 11.3 Å². The Morgan fingerprint density at radius 1 is 0.971 bits per heavy atom. The van der Waals surface area contributed by atoms with Crippen LogP contribution in [0, 0.1) is 6.92 Å². The molecule has 35 heavy (non-hydrogen) atoms. The highest BCUT2D eigenvalue weighted by Gasteiger charge is 2.15. The van der Waals surface area contributed by atoms with E-state index in [0.29, 0.717) is 31.3 Å². The molecule has 8 nitrogen and oxygen atoms in total. The van der Waals surface area contributed by atoms with Gasteiger partial charge in [0.05, 0.1) is 12.8 Å². The van der Waals surface area contributed by atoms with Crippen molar-refractivity contribution < 1.29 is 13.9 Å². The first kappa shape index (κ1) is 24.0. The normalized spacial score (nSPS) is 10.7. The Morgan fingerprint density at radius 2 is 1.77 bits per heavy atom. The third kappa shape index (κ3) is 6.04. The maximum absolute atomic E-state index is 10.9. The van der Waals surface area contributed by atoms with Crippen LogP contribution in [0.25, 0.3) is 22.6 Å².